The second-order valence-electron chi connectivity index (χ2n) is 9.59. The van der Waals surface area contributed by atoms with Crippen molar-refractivity contribution in [2.75, 3.05) is 43.5 Å². The Morgan fingerprint density at radius 2 is 1.58 bits per heavy atom. The molecule has 0 radical (unpaired) electrons. The van der Waals surface area contributed by atoms with Crippen LogP contribution in [-0.2, 0) is 16.4 Å². The first-order chi connectivity index (χ1) is 18.4. The van der Waals surface area contributed by atoms with Crippen molar-refractivity contribution < 1.29 is 13.2 Å². The normalized spacial score (nSPS) is 15.2. The van der Waals surface area contributed by atoms with E-state index in [4.69, 9.17) is 9.72 Å². The molecule has 194 valence electrons. The summed E-state index contributed by atoms with van der Waals surface area (Å²) in [6.45, 7) is 3.70. The van der Waals surface area contributed by atoms with Crippen molar-refractivity contribution in [3.8, 4) is 16.9 Å². The molecule has 6 rings (SSSR count). The first kappa shape index (κ1) is 24.4. The molecule has 0 spiro atoms. The molecule has 2 heterocycles. The molecule has 2 aliphatic rings. The molecule has 1 fully saturated rings. The molecule has 8 nitrogen and oxygen atoms in total. The number of methoxy groups -OCH3 is 1. The van der Waals surface area contributed by atoms with Crippen LogP contribution in [0.1, 0.15) is 16.8 Å². The number of nitrogens with zero attached hydrogens (tertiary/aromatic N) is 4. The van der Waals surface area contributed by atoms with Gasteiger partial charge in [-0.25, -0.2) is 13.4 Å². The highest BCUT2D eigenvalue weighted by Gasteiger charge is 2.31. The molecule has 1 aromatic heterocycles. The van der Waals surface area contributed by atoms with E-state index < -0.39 is 10.0 Å². The van der Waals surface area contributed by atoms with Crippen LogP contribution in [0.3, 0.4) is 0 Å². The van der Waals surface area contributed by atoms with Gasteiger partial charge in [-0.2, -0.15) is 9.29 Å². The van der Waals surface area contributed by atoms with Gasteiger partial charge in [0.15, 0.2) is 0 Å². The van der Waals surface area contributed by atoms with Gasteiger partial charge >= 0.3 is 0 Å². The number of benzene rings is 3. The number of sulfonamides is 1. The van der Waals surface area contributed by atoms with E-state index in [1.807, 2.05) is 66.4 Å². The minimum Gasteiger partial charge on any atom is -0.497 e. The van der Waals surface area contributed by atoms with Crippen LogP contribution in [0, 0.1) is 6.92 Å². The Kier molecular flexibility index (Phi) is 6.25. The summed E-state index contributed by atoms with van der Waals surface area (Å²) in [5.74, 6) is 2.06. The van der Waals surface area contributed by atoms with Crippen molar-refractivity contribution in [1.29, 1.82) is 0 Å². The molecule has 3 aromatic carbocycles. The lowest BCUT2D eigenvalue weighted by Gasteiger charge is -2.34. The Hall–Kier alpha value is -3.95. The zero-order chi connectivity index (χ0) is 26.3. The number of ether oxygens (including phenoxy) is 1. The minimum atomic E-state index is -3.60. The van der Waals surface area contributed by atoms with E-state index in [0.717, 1.165) is 34.7 Å². The fourth-order valence-corrected chi connectivity index (χ4v) is 6.61. The SMILES string of the molecule is COc1ccc(Nc2cc(C)nc(N3CCN(S(=O)(=O)c4ccc5c(c4)Cc4ccccc4-5)CC3)n2)cc1. The van der Waals surface area contributed by atoms with Crippen LogP contribution < -0.4 is 15.0 Å². The molecule has 1 saturated heterocycles. The molecule has 38 heavy (non-hydrogen) atoms. The molecule has 0 bridgehead atoms. The number of piperazine rings is 1. The van der Waals surface area contributed by atoms with Crippen molar-refractivity contribution in [3.63, 3.8) is 0 Å². The Morgan fingerprint density at radius 3 is 2.34 bits per heavy atom. The van der Waals surface area contributed by atoms with Crippen molar-refractivity contribution in [3.05, 3.63) is 89.6 Å². The van der Waals surface area contributed by atoms with E-state index >= 15 is 0 Å². The summed E-state index contributed by atoms with van der Waals surface area (Å²) < 4.78 is 33.8. The first-order valence-corrected chi connectivity index (χ1v) is 14.1. The van der Waals surface area contributed by atoms with Crippen molar-refractivity contribution in [1.82, 2.24) is 14.3 Å². The number of anilines is 3. The number of hydrogen-bond donors (Lipinski definition) is 1. The Labute approximate surface area is 223 Å². The van der Waals surface area contributed by atoms with E-state index in [0.29, 0.717) is 42.8 Å². The van der Waals surface area contributed by atoms with E-state index in [2.05, 4.69) is 22.4 Å². The maximum absolute atomic E-state index is 13.5. The van der Waals surface area contributed by atoms with E-state index in [1.165, 1.54) is 11.1 Å². The van der Waals surface area contributed by atoms with Gasteiger partial charge in [0, 0.05) is 43.6 Å². The lowest BCUT2D eigenvalue weighted by molar-refractivity contribution is 0.382. The van der Waals surface area contributed by atoms with E-state index in [1.54, 1.807) is 17.5 Å². The number of fused-ring (bicyclic) bond motifs is 3. The molecule has 1 aliphatic carbocycles. The fraction of sp³-hybridized carbons (Fsp3) is 0.241. The molecule has 0 amide bonds. The highest BCUT2D eigenvalue weighted by Crippen LogP contribution is 2.38. The average molecular weight is 528 g/mol. The van der Waals surface area contributed by atoms with Crippen molar-refractivity contribution in [2.45, 2.75) is 18.2 Å². The first-order valence-electron chi connectivity index (χ1n) is 12.6. The quantitative estimate of drug-likeness (QED) is 0.345. The predicted molar refractivity (Wildman–Crippen MR) is 149 cm³/mol. The van der Waals surface area contributed by atoms with Crippen LogP contribution >= 0.6 is 0 Å². The van der Waals surface area contributed by atoms with Crippen LogP contribution in [0.5, 0.6) is 5.75 Å². The number of hydrogen-bond acceptors (Lipinski definition) is 7. The summed E-state index contributed by atoms with van der Waals surface area (Å²) in [5.41, 5.74) is 6.35. The number of aromatic nitrogens is 2. The largest absolute Gasteiger partial charge is 0.497 e. The molecule has 1 N–H and O–H groups in total. The second kappa shape index (κ2) is 9.74. The van der Waals surface area contributed by atoms with Gasteiger partial charge in [0.1, 0.15) is 11.6 Å². The fourth-order valence-electron chi connectivity index (χ4n) is 5.14. The zero-order valence-electron chi connectivity index (χ0n) is 21.4. The van der Waals surface area contributed by atoms with Gasteiger partial charge in [-0.05, 0) is 72.0 Å². The summed E-state index contributed by atoms with van der Waals surface area (Å²) in [6.07, 6.45) is 0.764. The Bertz CT molecular complexity index is 1600. The molecule has 9 heteroatoms. The highest BCUT2D eigenvalue weighted by molar-refractivity contribution is 7.89. The number of nitrogens with one attached hydrogen (secondary N) is 1. The zero-order valence-corrected chi connectivity index (χ0v) is 22.2. The van der Waals surface area contributed by atoms with Crippen LogP contribution in [0.2, 0.25) is 0 Å². The topological polar surface area (TPSA) is 87.7 Å². The third-order valence-corrected chi connectivity index (χ3v) is 9.02. The molecule has 0 atom stereocenters. The maximum Gasteiger partial charge on any atom is 0.243 e. The Morgan fingerprint density at radius 1 is 0.842 bits per heavy atom. The van der Waals surface area contributed by atoms with Gasteiger partial charge in [0.05, 0.1) is 12.0 Å². The molecule has 0 unspecified atom stereocenters. The molecule has 4 aromatic rings. The monoisotopic (exact) mass is 527 g/mol. The maximum atomic E-state index is 13.5. The van der Waals surface area contributed by atoms with Gasteiger partial charge in [0.2, 0.25) is 16.0 Å². The summed E-state index contributed by atoms with van der Waals surface area (Å²) in [6, 6.07) is 23.3. The standard InChI is InChI=1S/C29H29N5O3S/c1-20-17-28(31-23-7-9-24(37-2)10-8-23)32-29(30-20)33-13-15-34(16-14-33)38(35,36)25-11-12-27-22(19-25)18-21-5-3-4-6-26(21)27/h3-12,17,19H,13-16,18H2,1-2H3,(H,30,31,32). The molecular formula is C29H29N5O3S. The van der Waals surface area contributed by atoms with Crippen LogP contribution in [0.15, 0.2) is 77.7 Å². The van der Waals surface area contributed by atoms with Gasteiger partial charge in [-0.1, -0.05) is 30.3 Å². The van der Waals surface area contributed by atoms with Gasteiger partial charge in [-0.15, -0.1) is 0 Å². The van der Waals surface area contributed by atoms with Crippen LogP contribution in [-0.4, -0.2) is 56.0 Å². The Balaban J connectivity index is 1.15. The minimum absolute atomic E-state index is 0.357. The number of aryl methyl sites for hydroxylation is 1. The third kappa shape index (κ3) is 4.59. The van der Waals surface area contributed by atoms with E-state index in [-0.39, 0.29) is 0 Å². The summed E-state index contributed by atoms with van der Waals surface area (Å²) in [5, 5.41) is 3.32. The summed E-state index contributed by atoms with van der Waals surface area (Å²) >= 11 is 0. The van der Waals surface area contributed by atoms with Crippen LogP contribution in [0.4, 0.5) is 17.5 Å². The van der Waals surface area contributed by atoms with Gasteiger partial charge in [0.25, 0.3) is 0 Å². The van der Waals surface area contributed by atoms with Crippen LogP contribution in [0.25, 0.3) is 11.1 Å². The highest BCUT2D eigenvalue weighted by atomic mass is 32.2. The van der Waals surface area contributed by atoms with Gasteiger partial charge in [-0.3, -0.25) is 0 Å². The van der Waals surface area contributed by atoms with Crippen molar-refractivity contribution >= 4 is 27.5 Å². The molecular weight excluding hydrogens is 498 g/mol. The van der Waals surface area contributed by atoms with Gasteiger partial charge < -0.3 is 15.0 Å². The van der Waals surface area contributed by atoms with E-state index in [9.17, 15) is 8.42 Å². The smallest absolute Gasteiger partial charge is 0.243 e. The summed E-state index contributed by atoms with van der Waals surface area (Å²) in [7, 11) is -1.96. The number of rotatable bonds is 6. The average Bonchev–Trinajstić information content (AvgIpc) is 3.31. The summed E-state index contributed by atoms with van der Waals surface area (Å²) in [4.78, 5) is 11.7. The van der Waals surface area contributed by atoms with Crippen molar-refractivity contribution in [2.24, 2.45) is 0 Å². The molecule has 0 saturated carbocycles. The lowest BCUT2D eigenvalue weighted by Crippen LogP contribution is -2.49. The second-order valence-corrected chi connectivity index (χ2v) is 11.5. The lowest BCUT2D eigenvalue weighted by atomic mass is 10.1. The molecule has 1 aliphatic heterocycles. The predicted octanol–water partition coefficient (Wildman–Crippen LogP) is 4.62. The third-order valence-electron chi connectivity index (χ3n) is 7.13.